The van der Waals surface area contributed by atoms with Crippen molar-refractivity contribution >= 4 is 17.6 Å². The van der Waals surface area contributed by atoms with Crippen molar-refractivity contribution < 1.29 is 14.3 Å². The number of carbonyl (C=O) groups is 1. The first-order chi connectivity index (χ1) is 12.3. The third-order valence-corrected chi connectivity index (χ3v) is 4.27. The topological polar surface area (TPSA) is 47.6 Å². The number of amides is 1. The Kier molecular flexibility index (Phi) is 5.86. The number of carbonyl (C=O) groups excluding carboxylic acids is 1. The fourth-order valence-corrected chi connectivity index (χ4v) is 2.87. The Morgan fingerprint density at radius 3 is 2.60 bits per heavy atom. The van der Waals surface area contributed by atoms with Crippen molar-refractivity contribution in [3.63, 3.8) is 0 Å². The summed E-state index contributed by atoms with van der Waals surface area (Å²) in [4.78, 5) is 12.8. The number of benzene rings is 2. The molecular weight excluding hydrogens is 314 g/mol. The first-order valence-electron chi connectivity index (χ1n) is 8.57. The molecule has 2 aromatic rings. The molecule has 1 saturated heterocycles. The van der Waals surface area contributed by atoms with Crippen LogP contribution in [0.5, 0.6) is 5.75 Å². The van der Waals surface area contributed by atoms with Crippen LogP contribution in [0.15, 0.2) is 54.6 Å². The van der Waals surface area contributed by atoms with Gasteiger partial charge in [-0.2, -0.15) is 0 Å². The van der Waals surface area contributed by atoms with E-state index >= 15 is 0 Å². The van der Waals surface area contributed by atoms with Crippen LogP contribution < -0.4 is 10.1 Å². The highest BCUT2D eigenvalue weighted by Crippen LogP contribution is 2.21. The molecule has 0 saturated carbocycles. The first-order valence-corrected chi connectivity index (χ1v) is 8.57. The quantitative estimate of drug-likeness (QED) is 0.648. The summed E-state index contributed by atoms with van der Waals surface area (Å²) < 4.78 is 10.8. The van der Waals surface area contributed by atoms with Gasteiger partial charge in [-0.15, -0.1) is 0 Å². The Balaban J connectivity index is 1.81. The molecule has 1 amide bonds. The van der Waals surface area contributed by atoms with Gasteiger partial charge in [-0.3, -0.25) is 4.79 Å². The minimum Gasteiger partial charge on any atom is -0.497 e. The minimum absolute atomic E-state index is 0.0856. The molecule has 1 fully saturated rings. The number of ether oxygens (including phenoxy) is 2. The van der Waals surface area contributed by atoms with Crippen LogP contribution in [-0.2, 0) is 9.53 Å². The first kappa shape index (κ1) is 17.2. The Labute approximate surface area is 148 Å². The summed E-state index contributed by atoms with van der Waals surface area (Å²) in [5.74, 6) is 0.707. The summed E-state index contributed by atoms with van der Waals surface area (Å²) in [6, 6.07) is 17.4. The summed E-state index contributed by atoms with van der Waals surface area (Å²) >= 11 is 0. The molecule has 0 radical (unpaired) electrons. The van der Waals surface area contributed by atoms with Gasteiger partial charge in [0.15, 0.2) is 0 Å². The van der Waals surface area contributed by atoms with E-state index in [1.807, 2.05) is 60.7 Å². The SMILES string of the molecule is COc1ccc(/C=C(\C(=O)NC[C@H]2CCCO2)c2ccccc2)cc1. The molecule has 130 valence electrons. The lowest BCUT2D eigenvalue weighted by atomic mass is 10.0. The predicted molar refractivity (Wildman–Crippen MR) is 99.3 cm³/mol. The molecule has 0 bridgehead atoms. The van der Waals surface area contributed by atoms with E-state index in [0.717, 1.165) is 36.3 Å². The largest absolute Gasteiger partial charge is 0.497 e. The number of hydrogen-bond acceptors (Lipinski definition) is 3. The highest BCUT2D eigenvalue weighted by atomic mass is 16.5. The van der Waals surface area contributed by atoms with Gasteiger partial charge < -0.3 is 14.8 Å². The number of rotatable bonds is 6. The molecule has 1 aliphatic heterocycles. The predicted octanol–water partition coefficient (Wildman–Crippen LogP) is 3.53. The van der Waals surface area contributed by atoms with E-state index in [1.54, 1.807) is 7.11 Å². The summed E-state index contributed by atoms with van der Waals surface area (Å²) in [6.45, 7) is 1.33. The molecule has 1 atom stereocenters. The average Bonchev–Trinajstić information content (AvgIpc) is 3.19. The van der Waals surface area contributed by atoms with Gasteiger partial charge in [-0.25, -0.2) is 0 Å². The van der Waals surface area contributed by atoms with Crippen molar-refractivity contribution in [2.75, 3.05) is 20.3 Å². The molecule has 25 heavy (non-hydrogen) atoms. The molecule has 4 heteroatoms. The second kappa shape index (κ2) is 8.49. The van der Waals surface area contributed by atoms with Crippen LogP contribution >= 0.6 is 0 Å². The van der Waals surface area contributed by atoms with Gasteiger partial charge in [-0.1, -0.05) is 42.5 Å². The molecule has 2 aromatic carbocycles. The maximum absolute atomic E-state index is 12.8. The normalized spacial score (nSPS) is 17.3. The molecular formula is C21H23NO3. The van der Waals surface area contributed by atoms with Crippen molar-refractivity contribution in [1.82, 2.24) is 5.32 Å². The zero-order valence-corrected chi connectivity index (χ0v) is 14.4. The van der Waals surface area contributed by atoms with E-state index in [1.165, 1.54) is 0 Å². The molecule has 3 rings (SSSR count). The molecule has 0 spiro atoms. The van der Waals surface area contributed by atoms with Gasteiger partial charge in [0.1, 0.15) is 5.75 Å². The number of hydrogen-bond donors (Lipinski definition) is 1. The average molecular weight is 337 g/mol. The van der Waals surface area contributed by atoms with Crippen LogP contribution in [0.2, 0.25) is 0 Å². The van der Waals surface area contributed by atoms with Gasteiger partial charge in [0.25, 0.3) is 5.91 Å². The Bertz CT molecular complexity index is 717. The van der Waals surface area contributed by atoms with Crippen LogP contribution in [0.3, 0.4) is 0 Å². The summed E-state index contributed by atoms with van der Waals surface area (Å²) in [5, 5.41) is 3.01. The van der Waals surface area contributed by atoms with Crippen LogP contribution in [-0.4, -0.2) is 32.3 Å². The summed E-state index contributed by atoms with van der Waals surface area (Å²) in [5.41, 5.74) is 2.49. The van der Waals surface area contributed by atoms with Crippen LogP contribution in [0.25, 0.3) is 11.6 Å². The van der Waals surface area contributed by atoms with Gasteiger partial charge in [-0.05, 0) is 42.2 Å². The van der Waals surface area contributed by atoms with Gasteiger partial charge in [0.2, 0.25) is 0 Å². The molecule has 0 aromatic heterocycles. The van der Waals surface area contributed by atoms with Crippen molar-refractivity contribution in [3.05, 3.63) is 65.7 Å². The fourth-order valence-electron chi connectivity index (χ4n) is 2.87. The summed E-state index contributed by atoms with van der Waals surface area (Å²) in [6.07, 6.45) is 4.10. The highest BCUT2D eigenvalue weighted by molar-refractivity contribution is 6.24. The molecule has 1 heterocycles. The zero-order valence-electron chi connectivity index (χ0n) is 14.4. The molecule has 0 unspecified atom stereocenters. The van der Waals surface area contributed by atoms with Crippen molar-refractivity contribution in [2.45, 2.75) is 18.9 Å². The van der Waals surface area contributed by atoms with E-state index < -0.39 is 0 Å². The molecule has 1 aliphatic rings. The maximum atomic E-state index is 12.8. The Hall–Kier alpha value is -2.59. The number of nitrogens with one attached hydrogen (secondary N) is 1. The van der Waals surface area contributed by atoms with Crippen molar-refractivity contribution in [2.24, 2.45) is 0 Å². The summed E-state index contributed by atoms with van der Waals surface area (Å²) in [7, 11) is 1.64. The number of methoxy groups -OCH3 is 1. The Morgan fingerprint density at radius 1 is 1.20 bits per heavy atom. The second-order valence-electron chi connectivity index (χ2n) is 6.04. The van der Waals surface area contributed by atoms with Crippen LogP contribution in [0, 0.1) is 0 Å². The smallest absolute Gasteiger partial charge is 0.252 e. The van der Waals surface area contributed by atoms with Gasteiger partial charge in [0.05, 0.1) is 13.2 Å². The van der Waals surface area contributed by atoms with E-state index in [9.17, 15) is 4.79 Å². The Morgan fingerprint density at radius 2 is 1.96 bits per heavy atom. The highest BCUT2D eigenvalue weighted by Gasteiger charge is 2.18. The fraction of sp³-hybridized carbons (Fsp3) is 0.286. The van der Waals surface area contributed by atoms with E-state index in [4.69, 9.17) is 9.47 Å². The monoisotopic (exact) mass is 337 g/mol. The van der Waals surface area contributed by atoms with Gasteiger partial charge in [0, 0.05) is 18.7 Å². The van der Waals surface area contributed by atoms with Crippen LogP contribution in [0.1, 0.15) is 24.0 Å². The van der Waals surface area contributed by atoms with E-state index in [2.05, 4.69) is 5.32 Å². The molecule has 1 N–H and O–H groups in total. The van der Waals surface area contributed by atoms with Crippen LogP contribution in [0.4, 0.5) is 0 Å². The third kappa shape index (κ3) is 4.70. The van der Waals surface area contributed by atoms with E-state index in [0.29, 0.717) is 12.1 Å². The molecule has 4 nitrogen and oxygen atoms in total. The third-order valence-electron chi connectivity index (χ3n) is 4.27. The molecule has 0 aliphatic carbocycles. The van der Waals surface area contributed by atoms with Crippen molar-refractivity contribution in [1.29, 1.82) is 0 Å². The van der Waals surface area contributed by atoms with Gasteiger partial charge >= 0.3 is 0 Å². The van der Waals surface area contributed by atoms with Crippen molar-refractivity contribution in [3.8, 4) is 5.75 Å². The minimum atomic E-state index is -0.0856. The maximum Gasteiger partial charge on any atom is 0.252 e. The standard InChI is InChI=1S/C21H23NO3/c1-24-18-11-9-16(10-12-18)14-20(17-6-3-2-4-7-17)21(23)22-15-19-8-5-13-25-19/h2-4,6-7,9-12,14,19H,5,8,13,15H2,1H3,(H,22,23)/b20-14-/t19-/m1/s1. The lowest BCUT2D eigenvalue weighted by Crippen LogP contribution is -2.32. The lowest BCUT2D eigenvalue weighted by molar-refractivity contribution is -0.116. The van der Waals surface area contributed by atoms with E-state index in [-0.39, 0.29) is 12.0 Å². The second-order valence-corrected chi connectivity index (χ2v) is 6.04. The lowest BCUT2D eigenvalue weighted by Gasteiger charge is -2.13. The zero-order chi connectivity index (χ0) is 17.5.